The van der Waals surface area contributed by atoms with Gasteiger partial charge in [-0.1, -0.05) is 36.4 Å². The lowest BCUT2D eigenvalue weighted by Gasteiger charge is -2.32. The van der Waals surface area contributed by atoms with Crippen LogP contribution in [0.25, 0.3) is 16.3 Å². The molecule has 0 radical (unpaired) electrons. The molecule has 148 valence electrons. The highest BCUT2D eigenvalue weighted by Crippen LogP contribution is 2.32. The summed E-state index contributed by atoms with van der Waals surface area (Å²) >= 11 is 1.70. The number of nitrogens with zero attached hydrogens (tertiary/aromatic N) is 2. The molecule has 2 aromatic carbocycles. The van der Waals surface area contributed by atoms with Crippen LogP contribution in [0.4, 0.5) is 0 Å². The normalized spacial score (nSPS) is 15.3. The summed E-state index contributed by atoms with van der Waals surface area (Å²) in [6.45, 7) is 2.13. The number of hydrogen-bond acceptors (Lipinski definition) is 4. The summed E-state index contributed by atoms with van der Waals surface area (Å²) in [6.07, 6.45) is 5.62. The number of rotatable bonds is 6. The van der Waals surface area contributed by atoms with Gasteiger partial charge in [0.1, 0.15) is 0 Å². The van der Waals surface area contributed by atoms with E-state index in [1.54, 1.807) is 22.4 Å². The first kappa shape index (κ1) is 19.3. The Hall–Kier alpha value is -2.99. The molecule has 0 bridgehead atoms. The number of amides is 2. The lowest BCUT2D eigenvalue weighted by Crippen LogP contribution is -2.35. The molecule has 0 fully saturated rings. The largest absolute Gasteiger partial charge is 0.356 e. The SMILES string of the molecule is CC(=O)N1C=Cc2ccccc2C1CC(=O)NCCCc1nc2ccccc2s1. The van der Waals surface area contributed by atoms with Gasteiger partial charge in [-0.05, 0) is 35.8 Å². The zero-order valence-electron chi connectivity index (χ0n) is 16.3. The molecule has 1 aliphatic rings. The van der Waals surface area contributed by atoms with Crippen LogP contribution in [0.2, 0.25) is 0 Å². The Labute approximate surface area is 174 Å². The number of carbonyl (C=O) groups is 2. The van der Waals surface area contributed by atoms with Crippen LogP contribution in [0.3, 0.4) is 0 Å². The minimum Gasteiger partial charge on any atom is -0.356 e. The van der Waals surface area contributed by atoms with Gasteiger partial charge in [-0.2, -0.15) is 0 Å². The summed E-state index contributed by atoms with van der Waals surface area (Å²) in [6, 6.07) is 15.8. The number of para-hydroxylation sites is 1. The Kier molecular flexibility index (Phi) is 5.71. The molecule has 4 rings (SSSR count). The first-order valence-corrected chi connectivity index (χ1v) is 10.6. The summed E-state index contributed by atoms with van der Waals surface area (Å²) in [5.74, 6) is -0.111. The molecule has 1 N–H and O–H groups in total. The van der Waals surface area contributed by atoms with Crippen LogP contribution < -0.4 is 5.32 Å². The summed E-state index contributed by atoms with van der Waals surface area (Å²) in [4.78, 5) is 30.9. The number of carbonyl (C=O) groups excluding carboxylic acids is 2. The average Bonchev–Trinajstić information content (AvgIpc) is 3.14. The summed E-state index contributed by atoms with van der Waals surface area (Å²) in [7, 11) is 0. The van der Waals surface area contributed by atoms with Crippen LogP contribution in [-0.2, 0) is 16.0 Å². The molecule has 1 aromatic heterocycles. The molecular weight excluding hydrogens is 382 g/mol. The third-order valence-electron chi connectivity index (χ3n) is 5.08. The maximum absolute atomic E-state index is 12.6. The van der Waals surface area contributed by atoms with E-state index in [-0.39, 0.29) is 24.3 Å². The van der Waals surface area contributed by atoms with Crippen molar-refractivity contribution >= 4 is 39.4 Å². The Morgan fingerprint density at radius 1 is 1.14 bits per heavy atom. The average molecular weight is 406 g/mol. The third-order valence-corrected chi connectivity index (χ3v) is 6.17. The molecule has 0 spiro atoms. The number of nitrogens with one attached hydrogen (secondary N) is 1. The van der Waals surface area contributed by atoms with Crippen molar-refractivity contribution < 1.29 is 9.59 Å². The van der Waals surface area contributed by atoms with Gasteiger partial charge in [0, 0.05) is 26.1 Å². The Balaban J connectivity index is 1.32. The highest BCUT2D eigenvalue weighted by Gasteiger charge is 2.27. The van der Waals surface area contributed by atoms with Crippen LogP contribution in [0, 0.1) is 0 Å². The van der Waals surface area contributed by atoms with Crippen molar-refractivity contribution in [2.24, 2.45) is 0 Å². The molecule has 6 heteroatoms. The first-order valence-electron chi connectivity index (χ1n) is 9.79. The van der Waals surface area contributed by atoms with Gasteiger partial charge in [0.05, 0.1) is 27.7 Å². The first-order chi connectivity index (χ1) is 14.1. The second-order valence-corrected chi connectivity index (χ2v) is 8.23. The zero-order valence-corrected chi connectivity index (χ0v) is 17.1. The van der Waals surface area contributed by atoms with E-state index in [0.717, 1.165) is 34.5 Å². The van der Waals surface area contributed by atoms with E-state index in [4.69, 9.17) is 0 Å². The van der Waals surface area contributed by atoms with Gasteiger partial charge in [-0.15, -0.1) is 11.3 Å². The third kappa shape index (κ3) is 4.38. The topological polar surface area (TPSA) is 62.3 Å². The van der Waals surface area contributed by atoms with E-state index < -0.39 is 0 Å². The predicted molar refractivity (Wildman–Crippen MR) is 116 cm³/mol. The molecule has 29 heavy (non-hydrogen) atoms. The molecule has 1 aliphatic heterocycles. The van der Waals surface area contributed by atoms with Crippen LogP contribution >= 0.6 is 11.3 Å². The number of benzene rings is 2. The van der Waals surface area contributed by atoms with Crippen molar-refractivity contribution in [1.82, 2.24) is 15.2 Å². The maximum atomic E-state index is 12.6. The van der Waals surface area contributed by atoms with Crippen molar-refractivity contribution in [3.8, 4) is 0 Å². The Morgan fingerprint density at radius 2 is 1.93 bits per heavy atom. The van der Waals surface area contributed by atoms with Crippen molar-refractivity contribution in [2.75, 3.05) is 6.54 Å². The predicted octanol–water partition coefficient (Wildman–Crippen LogP) is 4.31. The van der Waals surface area contributed by atoms with Crippen molar-refractivity contribution in [3.05, 3.63) is 70.9 Å². The smallest absolute Gasteiger partial charge is 0.223 e. The lowest BCUT2D eigenvalue weighted by molar-refractivity contribution is -0.129. The van der Waals surface area contributed by atoms with Gasteiger partial charge < -0.3 is 10.2 Å². The van der Waals surface area contributed by atoms with Gasteiger partial charge in [-0.25, -0.2) is 4.98 Å². The van der Waals surface area contributed by atoms with Crippen LogP contribution in [0.15, 0.2) is 54.7 Å². The molecule has 0 saturated carbocycles. The second kappa shape index (κ2) is 8.57. The number of fused-ring (bicyclic) bond motifs is 2. The number of thiazole rings is 1. The summed E-state index contributed by atoms with van der Waals surface area (Å²) in [5, 5.41) is 4.09. The Bertz CT molecular complexity index is 1040. The van der Waals surface area contributed by atoms with E-state index in [9.17, 15) is 9.59 Å². The quantitative estimate of drug-likeness (QED) is 0.622. The number of aromatic nitrogens is 1. The maximum Gasteiger partial charge on any atom is 0.223 e. The number of hydrogen-bond donors (Lipinski definition) is 1. The van der Waals surface area contributed by atoms with Gasteiger partial charge in [0.15, 0.2) is 0 Å². The fourth-order valence-corrected chi connectivity index (χ4v) is 4.66. The fourth-order valence-electron chi connectivity index (χ4n) is 3.66. The highest BCUT2D eigenvalue weighted by atomic mass is 32.1. The van der Waals surface area contributed by atoms with Gasteiger partial charge in [-0.3, -0.25) is 9.59 Å². The van der Waals surface area contributed by atoms with Crippen LogP contribution in [-0.4, -0.2) is 28.2 Å². The molecule has 5 nitrogen and oxygen atoms in total. The minimum atomic E-state index is -0.266. The molecule has 0 saturated heterocycles. The molecule has 1 atom stereocenters. The van der Waals surface area contributed by atoms with E-state index in [1.165, 1.54) is 11.6 Å². The van der Waals surface area contributed by atoms with Gasteiger partial charge in [0.2, 0.25) is 11.8 Å². The van der Waals surface area contributed by atoms with Crippen LogP contribution in [0.1, 0.15) is 41.9 Å². The molecule has 3 aromatic rings. The van der Waals surface area contributed by atoms with Crippen molar-refractivity contribution in [2.45, 2.75) is 32.2 Å². The summed E-state index contributed by atoms with van der Waals surface area (Å²) in [5.41, 5.74) is 3.10. The Morgan fingerprint density at radius 3 is 2.76 bits per heavy atom. The highest BCUT2D eigenvalue weighted by molar-refractivity contribution is 7.18. The van der Waals surface area contributed by atoms with E-state index in [0.29, 0.717) is 6.54 Å². The number of aryl methyl sites for hydroxylation is 1. The standard InChI is InChI=1S/C23H23N3O2S/c1-16(27)26-14-12-17-7-2-3-8-18(17)20(26)15-22(28)24-13-6-11-23-25-19-9-4-5-10-21(19)29-23/h2-5,7-10,12,14,20H,6,11,13,15H2,1H3,(H,24,28). The minimum absolute atomic E-state index is 0.0457. The molecule has 1 unspecified atom stereocenters. The van der Waals surface area contributed by atoms with Crippen molar-refractivity contribution in [1.29, 1.82) is 0 Å². The van der Waals surface area contributed by atoms with E-state index in [1.807, 2.05) is 48.5 Å². The van der Waals surface area contributed by atoms with E-state index >= 15 is 0 Å². The molecule has 2 heterocycles. The second-order valence-electron chi connectivity index (χ2n) is 7.12. The lowest BCUT2D eigenvalue weighted by atomic mass is 9.93. The van der Waals surface area contributed by atoms with E-state index in [2.05, 4.69) is 16.4 Å². The summed E-state index contributed by atoms with van der Waals surface area (Å²) < 4.78 is 1.19. The monoisotopic (exact) mass is 405 g/mol. The van der Waals surface area contributed by atoms with Gasteiger partial charge >= 0.3 is 0 Å². The molecule has 0 aliphatic carbocycles. The fraction of sp³-hybridized carbons (Fsp3) is 0.261. The zero-order chi connectivity index (χ0) is 20.2. The van der Waals surface area contributed by atoms with Gasteiger partial charge in [0.25, 0.3) is 0 Å². The van der Waals surface area contributed by atoms with Crippen LogP contribution in [0.5, 0.6) is 0 Å². The molecular formula is C23H23N3O2S. The molecule has 2 amide bonds. The van der Waals surface area contributed by atoms with Crippen molar-refractivity contribution in [3.63, 3.8) is 0 Å².